The lowest BCUT2D eigenvalue weighted by Gasteiger charge is -2.29. The van der Waals surface area contributed by atoms with Crippen LogP contribution in [-0.4, -0.2) is 13.3 Å². The fourth-order valence-electron chi connectivity index (χ4n) is 3.96. The maximum Gasteiger partial charge on any atom is 0.0153 e. The molecule has 2 aliphatic rings. The lowest BCUT2D eigenvalue weighted by molar-refractivity contribution is 0.900. The van der Waals surface area contributed by atoms with Crippen molar-refractivity contribution in [2.45, 2.75) is 23.6 Å². The first-order chi connectivity index (χ1) is 9.75. The summed E-state index contributed by atoms with van der Waals surface area (Å²) in [5.74, 6) is 0. The van der Waals surface area contributed by atoms with Crippen LogP contribution in [-0.2, 0) is 12.3 Å². The van der Waals surface area contributed by atoms with Crippen molar-refractivity contribution in [1.82, 2.24) is 0 Å². The van der Waals surface area contributed by atoms with Gasteiger partial charge in [-0.05, 0) is 47.9 Å². The summed E-state index contributed by atoms with van der Waals surface area (Å²) in [4.78, 5) is 0. The summed E-state index contributed by atoms with van der Waals surface area (Å²) in [6, 6.07) is 18.4. The summed E-state index contributed by atoms with van der Waals surface area (Å²) in [5, 5.41) is 0. The van der Waals surface area contributed by atoms with Crippen LogP contribution in [0.5, 0.6) is 0 Å². The molecule has 0 radical (unpaired) electrons. The van der Waals surface area contributed by atoms with Crippen LogP contribution in [0, 0.1) is 0 Å². The van der Waals surface area contributed by atoms with Crippen molar-refractivity contribution < 1.29 is 0 Å². The Morgan fingerprint density at radius 2 is 1.10 bits per heavy atom. The van der Waals surface area contributed by atoms with Crippen LogP contribution in [0.2, 0.25) is 0 Å². The van der Waals surface area contributed by atoms with Gasteiger partial charge in [0, 0.05) is 11.3 Å². The van der Waals surface area contributed by atoms with E-state index in [0.29, 0.717) is 0 Å². The highest BCUT2D eigenvalue weighted by atomic mass is 31.1. The predicted molar refractivity (Wildman–Crippen MR) is 91.5 cm³/mol. The average Bonchev–Trinajstić information content (AvgIpc) is 2.94. The van der Waals surface area contributed by atoms with Gasteiger partial charge >= 0.3 is 0 Å². The molecule has 2 heteroatoms. The first-order valence-corrected chi connectivity index (χ1v) is 11.4. The molecule has 2 aliphatic heterocycles. The SMILES string of the molecule is C[P@]1Cc2ccccc2[C@@H]1[C@H]1c2ccccc2C[P@@]1C. The summed E-state index contributed by atoms with van der Waals surface area (Å²) in [6.07, 6.45) is 2.66. The molecule has 0 N–H and O–H groups in total. The van der Waals surface area contributed by atoms with Gasteiger partial charge in [0.2, 0.25) is 0 Å². The minimum absolute atomic E-state index is 0.0988. The Labute approximate surface area is 124 Å². The van der Waals surface area contributed by atoms with Crippen LogP contribution in [0.25, 0.3) is 0 Å². The van der Waals surface area contributed by atoms with Gasteiger partial charge < -0.3 is 0 Å². The van der Waals surface area contributed by atoms with E-state index >= 15 is 0 Å². The van der Waals surface area contributed by atoms with Crippen molar-refractivity contribution in [2.75, 3.05) is 13.3 Å². The fourth-order valence-corrected chi connectivity index (χ4v) is 10.1. The smallest absolute Gasteiger partial charge is 0.0153 e. The van der Waals surface area contributed by atoms with Gasteiger partial charge in [-0.1, -0.05) is 64.4 Å². The van der Waals surface area contributed by atoms with Crippen LogP contribution in [0.3, 0.4) is 0 Å². The highest BCUT2D eigenvalue weighted by molar-refractivity contribution is 7.61. The van der Waals surface area contributed by atoms with Crippen LogP contribution >= 0.6 is 15.8 Å². The molecular weight excluding hydrogens is 278 g/mol. The minimum Gasteiger partial charge on any atom is -0.0967 e. The quantitative estimate of drug-likeness (QED) is 0.591. The van der Waals surface area contributed by atoms with Gasteiger partial charge in [0.25, 0.3) is 0 Å². The lowest BCUT2D eigenvalue weighted by Crippen LogP contribution is -2.03. The minimum atomic E-state index is 0.0988. The van der Waals surface area contributed by atoms with Crippen molar-refractivity contribution in [3.63, 3.8) is 0 Å². The Bertz CT molecular complexity index is 592. The second-order valence-electron chi connectivity index (χ2n) is 6.12. The molecular formula is C18H20P2. The summed E-state index contributed by atoms with van der Waals surface area (Å²) in [6.45, 7) is 5.04. The van der Waals surface area contributed by atoms with Gasteiger partial charge in [-0.3, -0.25) is 0 Å². The third-order valence-electron chi connectivity index (χ3n) is 4.84. The van der Waals surface area contributed by atoms with E-state index in [1.807, 2.05) is 0 Å². The molecule has 2 aromatic carbocycles. The number of hydrogen-bond donors (Lipinski definition) is 0. The van der Waals surface area contributed by atoms with Crippen LogP contribution in [0.4, 0.5) is 0 Å². The van der Waals surface area contributed by atoms with E-state index in [-0.39, 0.29) is 15.8 Å². The molecule has 2 heterocycles. The maximum absolute atomic E-state index is 2.52. The monoisotopic (exact) mass is 298 g/mol. The summed E-state index contributed by atoms with van der Waals surface area (Å²) < 4.78 is 0. The molecule has 102 valence electrons. The highest BCUT2D eigenvalue weighted by Gasteiger charge is 2.41. The molecule has 0 nitrogen and oxygen atoms in total. The molecule has 0 saturated heterocycles. The zero-order chi connectivity index (χ0) is 13.7. The molecule has 4 atom stereocenters. The van der Waals surface area contributed by atoms with E-state index < -0.39 is 0 Å². The van der Waals surface area contributed by atoms with Gasteiger partial charge in [-0.25, -0.2) is 0 Å². The van der Waals surface area contributed by atoms with Gasteiger partial charge in [-0.15, -0.1) is 0 Å². The van der Waals surface area contributed by atoms with E-state index in [9.17, 15) is 0 Å². The number of fused-ring (bicyclic) bond motifs is 2. The van der Waals surface area contributed by atoms with E-state index in [4.69, 9.17) is 0 Å². The molecule has 0 amide bonds. The third kappa shape index (κ3) is 1.89. The first-order valence-electron chi connectivity index (χ1n) is 7.32. The fraction of sp³-hybridized carbons (Fsp3) is 0.333. The van der Waals surface area contributed by atoms with Gasteiger partial charge in [0.15, 0.2) is 0 Å². The highest BCUT2D eigenvalue weighted by Crippen LogP contribution is 2.73. The van der Waals surface area contributed by atoms with Crippen molar-refractivity contribution in [2.24, 2.45) is 0 Å². The van der Waals surface area contributed by atoms with Gasteiger partial charge in [-0.2, -0.15) is 0 Å². The average molecular weight is 298 g/mol. The molecule has 0 aromatic heterocycles. The van der Waals surface area contributed by atoms with Crippen LogP contribution in [0.15, 0.2) is 48.5 Å². The Morgan fingerprint density at radius 3 is 1.55 bits per heavy atom. The molecule has 4 rings (SSSR count). The molecule has 2 aromatic rings. The largest absolute Gasteiger partial charge is 0.0967 e. The molecule has 20 heavy (non-hydrogen) atoms. The number of benzene rings is 2. The Kier molecular flexibility index (Phi) is 3.21. The predicted octanol–water partition coefficient (Wildman–Crippen LogP) is 5.72. The molecule has 0 saturated carbocycles. The van der Waals surface area contributed by atoms with E-state index in [1.54, 1.807) is 22.3 Å². The molecule has 0 fully saturated rings. The lowest BCUT2D eigenvalue weighted by atomic mass is 9.98. The van der Waals surface area contributed by atoms with Crippen LogP contribution in [0.1, 0.15) is 33.6 Å². The van der Waals surface area contributed by atoms with Crippen molar-refractivity contribution in [3.05, 3.63) is 70.8 Å². The van der Waals surface area contributed by atoms with Crippen molar-refractivity contribution in [1.29, 1.82) is 0 Å². The van der Waals surface area contributed by atoms with Gasteiger partial charge in [0.1, 0.15) is 0 Å². The zero-order valence-corrected chi connectivity index (χ0v) is 13.9. The second-order valence-corrected chi connectivity index (χ2v) is 10.9. The normalized spacial score (nSPS) is 31.1. The Morgan fingerprint density at radius 1 is 0.700 bits per heavy atom. The third-order valence-corrected chi connectivity index (χ3v) is 9.80. The first kappa shape index (κ1) is 13.0. The number of rotatable bonds is 1. The van der Waals surface area contributed by atoms with Crippen molar-refractivity contribution in [3.8, 4) is 0 Å². The van der Waals surface area contributed by atoms with Crippen molar-refractivity contribution >= 4 is 15.8 Å². The molecule has 0 bridgehead atoms. The summed E-state index contributed by atoms with van der Waals surface area (Å²) >= 11 is 0. The molecule has 0 spiro atoms. The summed E-state index contributed by atoms with van der Waals surface area (Å²) in [5.41, 5.74) is 8.19. The van der Waals surface area contributed by atoms with Gasteiger partial charge in [0.05, 0.1) is 0 Å². The standard InChI is InChI=1S/C18H20P2/c1-19-11-13-7-3-5-9-15(13)17(19)18-16-10-6-4-8-14(16)12-20(18)2/h3-10,17-18H,11-12H2,1-2H3/t17-,18-,19-,20-/m1/s1. The second kappa shape index (κ2) is 4.94. The Hall–Kier alpha value is -0.700. The molecule has 0 aliphatic carbocycles. The maximum atomic E-state index is 2.52. The van der Waals surface area contributed by atoms with E-state index in [0.717, 1.165) is 11.3 Å². The zero-order valence-electron chi connectivity index (χ0n) is 12.1. The number of hydrogen-bond acceptors (Lipinski definition) is 0. The van der Waals surface area contributed by atoms with E-state index in [1.165, 1.54) is 12.3 Å². The van der Waals surface area contributed by atoms with Crippen LogP contribution < -0.4 is 0 Å². The Balaban J connectivity index is 1.82. The molecule has 0 unspecified atom stereocenters. The topological polar surface area (TPSA) is 0 Å². The van der Waals surface area contributed by atoms with E-state index in [2.05, 4.69) is 61.9 Å². The summed E-state index contributed by atoms with van der Waals surface area (Å²) in [7, 11) is 0.198.